The predicted octanol–water partition coefficient (Wildman–Crippen LogP) is 2.96. The fourth-order valence-electron chi connectivity index (χ4n) is 6.00. The average molecular weight is 351 g/mol. The van der Waals surface area contributed by atoms with Gasteiger partial charge in [-0.1, -0.05) is 0 Å². The molecule has 4 saturated carbocycles. The first-order valence-electron chi connectivity index (χ1n) is 9.40. The van der Waals surface area contributed by atoms with Crippen LogP contribution in [0.15, 0.2) is 29.3 Å². The number of hydrogen-bond donors (Lipinski definition) is 3. The number of nitrogens with one attached hydrogen (secondary N) is 2. The van der Waals surface area contributed by atoms with Gasteiger partial charge in [-0.15, -0.1) is 10.2 Å². The summed E-state index contributed by atoms with van der Waals surface area (Å²) in [6, 6.07) is 2.41. The number of anilines is 1. The molecule has 134 valence electrons. The second kappa shape index (κ2) is 5.07. The molecule has 26 heavy (non-hydrogen) atoms. The largest absolute Gasteiger partial charge is 0.423 e. The molecule has 0 amide bonds. The Balaban J connectivity index is 1.43. The summed E-state index contributed by atoms with van der Waals surface area (Å²) in [6.07, 6.45) is 10.3. The van der Waals surface area contributed by atoms with Crippen LogP contribution in [0.3, 0.4) is 0 Å². The molecule has 3 N–H and O–H groups in total. The smallest absolute Gasteiger partial charge is 0.251 e. The summed E-state index contributed by atoms with van der Waals surface area (Å²) < 4.78 is 5.46. The zero-order valence-electron chi connectivity index (χ0n) is 14.4. The van der Waals surface area contributed by atoms with E-state index in [-0.39, 0.29) is 0 Å². The third-order valence-electron chi connectivity index (χ3n) is 6.73. The van der Waals surface area contributed by atoms with Crippen LogP contribution in [0.1, 0.15) is 32.1 Å². The van der Waals surface area contributed by atoms with Gasteiger partial charge in [-0.05, 0) is 55.9 Å². The van der Waals surface area contributed by atoms with Crippen molar-refractivity contribution >= 4 is 16.7 Å². The van der Waals surface area contributed by atoms with E-state index in [1.807, 2.05) is 12.3 Å². The van der Waals surface area contributed by atoms with E-state index >= 15 is 0 Å². The van der Waals surface area contributed by atoms with Crippen molar-refractivity contribution in [2.75, 3.05) is 5.32 Å². The Morgan fingerprint density at radius 2 is 2.08 bits per heavy atom. The van der Waals surface area contributed by atoms with Crippen LogP contribution >= 0.6 is 0 Å². The molecule has 3 aromatic rings. The molecule has 3 aromatic heterocycles. The summed E-state index contributed by atoms with van der Waals surface area (Å²) in [5.74, 6) is 2.20. The summed E-state index contributed by atoms with van der Waals surface area (Å²) in [5, 5.41) is 23.6. The Bertz CT molecular complexity index is 950. The maximum atomic E-state index is 10.9. The van der Waals surface area contributed by atoms with Gasteiger partial charge in [0.1, 0.15) is 5.65 Å². The maximum absolute atomic E-state index is 10.9. The minimum atomic E-state index is -0.425. The molecule has 4 bridgehead atoms. The number of H-pyrrole nitrogens is 1. The highest BCUT2D eigenvalue weighted by molar-refractivity contribution is 5.97. The molecule has 0 spiro atoms. The first-order chi connectivity index (χ1) is 12.7. The van der Waals surface area contributed by atoms with Crippen molar-refractivity contribution in [3.63, 3.8) is 0 Å². The fraction of sp³-hybridized carbons (Fsp3) is 0.526. The Labute approximate surface area is 150 Å². The lowest BCUT2D eigenvalue weighted by atomic mass is 9.52. The summed E-state index contributed by atoms with van der Waals surface area (Å²) in [6.45, 7) is 0. The second-order valence-corrected chi connectivity index (χ2v) is 8.40. The quantitative estimate of drug-likeness (QED) is 0.671. The number of aliphatic hydroxyl groups is 1. The molecule has 3 unspecified atom stereocenters. The second-order valence-electron chi connectivity index (χ2n) is 8.40. The average Bonchev–Trinajstić information content (AvgIpc) is 3.27. The number of fused-ring (bicyclic) bond motifs is 1. The van der Waals surface area contributed by atoms with Crippen LogP contribution in [0.4, 0.5) is 5.69 Å². The van der Waals surface area contributed by atoms with Gasteiger partial charge >= 0.3 is 0 Å². The van der Waals surface area contributed by atoms with Crippen molar-refractivity contribution in [2.45, 2.75) is 43.7 Å². The van der Waals surface area contributed by atoms with Crippen molar-refractivity contribution in [2.24, 2.45) is 17.8 Å². The maximum Gasteiger partial charge on any atom is 0.251 e. The van der Waals surface area contributed by atoms with Crippen molar-refractivity contribution in [1.82, 2.24) is 20.2 Å². The van der Waals surface area contributed by atoms with Crippen LogP contribution in [0.2, 0.25) is 0 Å². The number of pyridine rings is 1. The van der Waals surface area contributed by atoms with Gasteiger partial charge in [0.2, 0.25) is 6.39 Å². The van der Waals surface area contributed by atoms with E-state index in [0.29, 0.717) is 29.7 Å². The molecule has 4 fully saturated rings. The molecule has 0 radical (unpaired) electrons. The Kier molecular flexibility index (Phi) is 2.87. The molecule has 7 nitrogen and oxygen atoms in total. The molecule has 4 aliphatic carbocycles. The fourth-order valence-corrected chi connectivity index (χ4v) is 6.00. The molecule has 3 heterocycles. The van der Waals surface area contributed by atoms with E-state index in [0.717, 1.165) is 41.5 Å². The lowest BCUT2D eigenvalue weighted by molar-refractivity contribution is -0.129. The Morgan fingerprint density at radius 3 is 2.81 bits per heavy atom. The molecule has 0 aliphatic heterocycles. The van der Waals surface area contributed by atoms with Gasteiger partial charge in [0.15, 0.2) is 0 Å². The van der Waals surface area contributed by atoms with Gasteiger partial charge in [0, 0.05) is 23.8 Å². The van der Waals surface area contributed by atoms with Gasteiger partial charge in [-0.2, -0.15) is 0 Å². The van der Waals surface area contributed by atoms with Gasteiger partial charge in [-0.25, -0.2) is 4.98 Å². The number of nitrogens with zero attached hydrogens (tertiary/aromatic N) is 3. The highest BCUT2D eigenvalue weighted by atomic mass is 16.4. The van der Waals surface area contributed by atoms with Crippen LogP contribution in [0, 0.1) is 17.8 Å². The SMILES string of the molecule is OC12CC3C[C@H](C1)C(Nc1c(-c4nnco4)cnc4[nH]ccc14)[C@@H](C3)C2. The number of aromatic amines is 1. The Morgan fingerprint density at radius 1 is 1.23 bits per heavy atom. The van der Waals surface area contributed by atoms with Crippen molar-refractivity contribution in [3.05, 3.63) is 24.9 Å². The molecule has 4 aliphatic rings. The van der Waals surface area contributed by atoms with E-state index in [9.17, 15) is 5.11 Å². The lowest BCUT2D eigenvalue weighted by Gasteiger charge is -2.58. The van der Waals surface area contributed by atoms with Crippen LogP contribution in [-0.4, -0.2) is 36.9 Å². The van der Waals surface area contributed by atoms with Crippen molar-refractivity contribution in [1.29, 1.82) is 0 Å². The zero-order valence-corrected chi connectivity index (χ0v) is 14.4. The highest BCUT2D eigenvalue weighted by Crippen LogP contribution is 2.56. The molecule has 0 saturated heterocycles. The van der Waals surface area contributed by atoms with Gasteiger partial charge in [0.25, 0.3) is 5.89 Å². The van der Waals surface area contributed by atoms with Crippen molar-refractivity contribution < 1.29 is 9.52 Å². The first-order valence-corrected chi connectivity index (χ1v) is 9.40. The standard InChI is InChI=1S/C19H21N5O2/c25-19-5-10-3-11(6-19)15(12(4-10)7-19)23-16-13-1-2-20-17(13)21-8-14(16)18-24-22-9-26-18/h1-2,8-12,15,25H,3-7H2,(H2,20,21,23)/t10?,11-,12+,15?,19?. The summed E-state index contributed by atoms with van der Waals surface area (Å²) in [4.78, 5) is 7.67. The Hall–Kier alpha value is -2.41. The van der Waals surface area contributed by atoms with Gasteiger partial charge in [-0.3, -0.25) is 0 Å². The van der Waals surface area contributed by atoms with Crippen LogP contribution in [0.5, 0.6) is 0 Å². The van der Waals surface area contributed by atoms with Crippen LogP contribution in [-0.2, 0) is 0 Å². The van der Waals surface area contributed by atoms with E-state index in [1.165, 1.54) is 19.2 Å². The topological polar surface area (TPSA) is 99.9 Å². The van der Waals surface area contributed by atoms with Crippen LogP contribution < -0.4 is 5.32 Å². The van der Waals surface area contributed by atoms with Gasteiger partial charge in [0.05, 0.1) is 16.9 Å². The first kappa shape index (κ1) is 14.7. The van der Waals surface area contributed by atoms with Gasteiger partial charge < -0.3 is 19.8 Å². The number of rotatable bonds is 3. The summed E-state index contributed by atoms with van der Waals surface area (Å²) >= 11 is 0. The van der Waals surface area contributed by atoms with E-state index < -0.39 is 5.60 Å². The molecule has 7 rings (SSSR count). The predicted molar refractivity (Wildman–Crippen MR) is 95.3 cm³/mol. The minimum absolute atomic E-state index is 0.369. The number of aromatic nitrogens is 4. The molecule has 7 heteroatoms. The lowest BCUT2D eigenvalue weighted by Crippen LogP contribution is -2.59. The minimum Gasteiger partial charge on any atom is -0.423 e. The zero-order chi connectivity index (χ0) is 17.3. The monoisotopic (exact) mass is 351 g/mol. The number of hydrogen-bond acceptors (Lipinski definition) is 6. The highest BCUT2D eigenvalue weighted by Gasteiger charge is 2.54. The molecular formula is C19H21N5O2. The molecule has 0 aromatic carbocycles. The third-order valence-corrected chi connectivity index (χ3v) is 6.73. The molecule has 5 atom stereocenters. The van der Waals surface area contributed by atoms with E-state index in [1.54, 1.807) is 6.20 Å². The summed E-state index contributed by atoms with van der Waals surface area (Å²) in [5.41, 5.74) is 2.26. The normalized spacial score (nSPS) is 35.3. The van der Waals surface area contributed by atoms with E-state index in [2.05, 4.69) is 25.5 Å². The third kappa shape index (κ3) is 2.06. The molecular weight excluding hydrogens is 330 g/mol. The summed E-state index contributed by atoms with van der Waals surface area (Å²) in [7, 11) is 0. The van der Waals surface area contributed by atoms with Crippen LogP contribution in [0.25, 0.3) is 22.5 Å². The van der Waals surface area contributed by atoms with E-state index in [4.69, 9.17) is 4.42 Å². The van der Waals surface area contributed by atoms with Crippen molar-refractivity contribution in [3.8, 4) is 11.5 Å².